The molecule has 1 aromatic carbocycles. The van der Waals surface area contributed by atoms with Crippen molar-refractivity contribution in [1.82, 2.24) is 4.98 Å². The second-order valence-electron chi connectivity index (χ2n) is 6.44. The van der Waals surface area contributed by atoms with Gasteiger partial charge in [0.1, 0.15) is 0 Å². The molecule has 0 atom stereocenters. The smallest absolute Gasteiger partial charge is 0.0267 e. The molecule has 0 aliphatic heterocycles. The molecule has 0 amide bonds. The van der Waals surface area contributed by atoms with Gasteiger partial charge in [-0.2, -0.15) is 0 Å². The third-order valence-electron chi connectivity index (χ3n) is 4.23. The molecule has 24 heavy (non-hydrogen) atoms. The number of pyridine rings is 1. The average Bonchev–Trinajstić information content (AvgIpc) is 2.66. The van der Waals surface area contributed by atoms with Crippen LogP contribution < -0.4 is 0 Å². The minimum Gasteiger partial charge on any atom is -0.265 e. The van der Waals surface area contributed by atoms with Crippen molar-refractivity contribution < 1.29 is 0 Å². The predicted octanol–water partition coefficient (Wildman–Crippen LogP) is 7.23. The molecule has 0 fully saturated rings. The molecule has 0 spiro atoms. The first kappa shape index (κ1) is 20.4. The zero-order chi connectivity index (χ0) is 17.1. The standard InChI is InChI=1S/C18H30.C5H5N/c1-2-3-4-5-6-7-8-9-10-12-15-18-16-13-11-14-17-18;1-2-4-6-5-3-1/h11,13-14,16-17H,2-10,12,15H2,1H3;1-5H. The molecular weight excluding hydrogens is 290 g/mol. The maximum absolute atomic E-state index is 3.78. The summed E-state index contributed by atoms with van der Waals surface area (Å²) in [6.07, 6.45) is 19.0. The number of aryl methyl sites for hydroxylation is 1. The highest BCUT2D eigenvalue weighted by molar-refractivity contribution is 5.14. The molecule has 1 nitrogen and oxygen atoms in total. The summed E-state index contributed by atoms with van der Waals surface area (Å²) >= 11 is 0. The van der Waals surface area contributed by atoms with Crippen LogP contribution in [0.1, 0.15) is 76.7 Å². The van der Waals surface area contributed by atoms with Crippen molar-refractivity contribution in [2.75, 3.05) is 0 Å². The van der Waals surface area contributed by atoms with Crippen molar-refractivity contribution in [2.45, 2.75) is 77.6 Å². The highest BCUT2D eigenvalue weighted by atomic mass is 14.6. The fourth-order valence-corrected chi connectivity index (χ4v) is 2.77. The Kier molecular flexibility index (Phi) is 13.8. The fourth-order valence-electron chi connectivity index (χ4n) is 2.77. The van der Waals surface area contributed by atoms with Gasteiger partial charge in [0, 0.05) is 12.4 Å². The maximum atomic E-state index is 3.78. The largest absolute Gasteiger partial charge is 0.265 e. The van der Waals surface area contributed by atoms with Gasteiger partial charge in [0.2, 0.25) is 0 Å². The highest BCUT2D eigenvalue weighted by Gasteiger charge is 1.94. The number of hydrogen-bond donors (Lipinski definition) is 0. The molecular formula is C23H35N. The molecule has 132 valence electrons. The molecule has 1 heteroatoms. The quantitative estimate of drug-likeness (QED) is 0.397. The van der Waals surface area contributed by atoms with Gasteiger partial charge < -0.3 is 0 Å². The van der Waals surface area contributed by atoms with Gasteiger partial charge in [-0.05, 0) is 30.5 Å². The van der Waals surface area contributed by atoms with Crippen LogP contribution in [0, 0.1) is 0 Å². The van der Waals surface area contributed by atoms with Gasteiger partial charge in [0.05, 0.1) is 0 Å². The fraction of sp³-hybridized carbons (Fsp3) is 0.522. The normalized spacial score (nSPS) is 10.0. The highest BCUT2D eigenvalue weighted by Crippen LogP contribution is 2.12. The van der Waals surface area contributed by atoms with E-state index in [1.54, 1.807) is 12.4 Å². The zero-order valence-corrected chi connectivity index (χ0v) is 15.5. The first-order valence-corrected chi connectivity index (χ1v) is 9.82. The van der Waals surface area contributed by atoms with Crippen LogP contribution in [0.3, 0.4) is 0 Å². The SMILES string of the molecule is CCCCCCCCCCCCc1ccccc1.c1ccncc1. The molecule has 0 radical (unpaired) electrons. The lowest BCUT2D eigenvalue weighted by Crippen LogP contribution is -1.86. The molecule has 1 heterocycles. The molecule has 0 aliphatic carbocycles. The average molecular weight is 326 g/mol. The molecule has 0 saturated carbocycles. The second kappa shape index (κ2) is 16.2. The van der Waals surface area contributed by atoms with Crippen LogP contribution >= 0.6 is 0 Å². The van der Waals surface area contributed by atoms with Crippen molar-refractivity contribution in [2.24, 2.45) is 0 Å². The van der Waals surface area contributed by atoms with E-state index >= 15 is 0 Å². The van der Waals surface area contributed by atoms with Crippen molar-refractivity contribution >= 4 is 0 Å². The summed E-state index contributed by atoms with van der Waals surface area (Å²) in [5.41, 5.74) is 1.50. The lowest BCUT2D eigenvalue weighted by Gasteiger charge is -2.03. The van der Waals surface area contributed by atoms with Gasteiger partial charge in [-0.3, -0.25) is 4.98 Å². The first-order chi connectivity index (χ1) is 11.9. The molecule has 0 saturated heterocycles. The second-order valence-corrected chi connectivity index (χ2v) is 6.44. The van der Waals surface area contributed by atoms with Crippen LogP contribution in [0.15, 0.2) is 60.9 Å². The molecule has 0 N–H and O–H groups in total. The number of nitrogens with zero attached hydrogens (tertiary/aromatic N) is 1. The number of unbranched alkanes of at least 4 members (excludes halogenated alkanes) is 9. The third kappa shape index (κ3) is 12.9. The first-order valence-electron chi connectivity index (χ1n) is 9.82. The Labute approximate surface area is 149 Å². The number of hydrogen-bond acceptors (Lipinski definition) is 1. The lowest BCUT2D eigenvalue weighted by molar-refractivity contribution is 0.556. The van der Waals surface area contributed by atoms with E-state index in [4.69, 9.17) is 0 Å². The Morgan fingerprint density at radius 1 is 0.583 bits per heavy atom. The van der Waals surface area contributed by atoms with Crippen molar-refractivity contribution in [1.29, 1.82) is 0 Å². The molecule has 0 unspecified atom stereocenters. The Morgan fingerprint density at radius 2 is 1.08 bits per heavy atom. The van der Waals surface area contributed by atoms with Crippen LogP contribution in [-0.4, -0.2) is 4.98 Å². The van der Waals surface area contributed by atoms with Crippen LogP contribution in [0.2, 0.25) is 0 Å². The molecule has 2 aromatic rings. The van der Waals surface area contributed by atoms with E-state index in [1.165, 1.54) is 76.2 Å². The maximum Gasteiger partial charge on any atom is 0.0267 e. The number of rotatable bonds is 11. The van der Waals surface area contributed by atoms with E-state index in [9.17, 15) is 0 Å². The summed E-state index contributed by atoms with van der Waals surface area (Å²) in [6, 6.07) is 16.6. The lowest BCUT2D eigenvalue weighted by atomic mass is 10.0. The van der Waals surface area contributed by atoms with Gasteiger partial charge in [-0.1, -0.05) is 101 Å². The number of benzene rings is 1. The van der Waals surface area contributed by atoms with E-state index in [-0.39, 0.29) is 0 Å². The van der Waals surface area contributed by atoms with Gasteiger partial charge in [-0.25, -0.2) is 0 Å². The Morgan fingerprint density at radius 3 is 1.54 bits per heavy atom. The van der Waals surface area contributed by atoms with Crippen molar-refractivity contribution in [3.63, 3.8) is 0 Å². The van der Waals surface area contributed by atoms with Crippen molar-refractivity contribution in [3.05, 3.63) is 66.5 Å². The zero-order valence-electron chi connectivity index (χ0n) is 15.5. The summed E-state index contributed by atoms with van der Waals surface area (Å²) in [4.78, 5) is 3.78. The van der Waals surface area contributed by atoms with Crippen LogP contribution in [0.4, 0.5) is 0 Å². The van der Waals surface area contributed by atoms with E-state index in [1.807, 2.05) is 18.2 Å². The van der Waals surface area contributed by atoms with Crippen LogP contribution in [0.5, 0.6) is 0 Å². The van der Waals surface area contributed by atoms with Gasteiger partial charge in [-0.15, -0.1) is 0 Å². The summed E-state index contributed by atoms with van der Waals surface area (Å²) in [5, 5.41) is 0. The molecule has 0 bridgehead atoms. The summed E-state index contributed by atoms with van der Waals surface area (Å²) in [6.45, 7) is 2.28. The van der Waals surface area contributed by atoms with Gasteiger partial charge in [0.15, 0.2) is 0 Å². The van der Waals surface area contributed by atoms with Crippen molar-refractivity contribution in [3.8, 4) is 0 Å². The minimum atomic E-state index is 1.26. The monoisotopic (exact) mass is 325 g/mol. The van der Waals surface area contributed by atoms with E-state index in [0.717, 1.165) is 0 Å². The van der Waals surface area contributed by atoms with E-state index in [0.29, 0.717) is 0 Å². The van der Waals surface area contributed by atoms with Gasteiger partial charge in [0.25, 0.3) is 0 Å². The molecule has 0 aliphatic rings. The van der Waals surface area contributed by atoms with Crippen LogP contribution in [-0.2, 0) is 6.42 Å². The Bertz CT molecular complexity index is 425. The summed E-state index contributed by atoms with van der Waals surface area (Å²) in [5.74, 6) is 0. The Hall–Kier alpha value is -1.63. The summed E-state index contributed by atoms with van der Waals surface area (Å²) < 4.78 is 0. The molecule has 1 aromatic heterocycles. The Balaban J connectivity index is 0.000000400. The van der Waals surface area contributed by atoms with E-state index < -0.39 is 0 Å². The van der Waals surface area contributed by atoms with Gasteiger partial charge >= 0.3 is 0 Å². The number of aromatic nitrogens is 1. The third-order valence-corrected chi connectivity index (χ3v) is 4.23. The topological polar surface area (TPSA) is 12.9 Å². The van der Waals surface area contributed by atoms with Crippen LogP contribution in [0.25, 0.3) is 0 Å². The predicted molar refractivity (Wildman–Crippen MR) is 106 cm³/mol. The molecule has 2 rings (SSSR count). The summed E-state index contributed by atoms with van der Waals surface area (Å²) in [7, 11) is 0. The van der Waals surface area contributed by atoms with E-state index in [2.05, 4.69) is 42.2 Å². The minimum absolute atomic E-state index is 1.26.